The smallest absolute Gasteiger partial charge is 0.144 e. The molecule has 0 spiro atoms. The first kappa shape index (κ1) is 11.0. The van der Waals surface area contributed by atoms with Crippen LogP contribution in [0.1, 0.15) is 24.1 Å². The van der Waals surface area contributed by atoms with E-state index >= 15 is 0 Å². The Labute approximate surface area is 98.5 Å². The molecule has 0 amide bonds. The van der Waals surface area contributed by atoms with Crippen LogP contribution in [0.4, 0.5) is 11.5 Å². The molecule has 1 unspecified atom stereocenters. The zero-order chi connectivity index (χ0) is 12.3. The van der Waals surface area contributed by atoms with Gasteiger partial charge in [0, 0.05) is 11.8 Å². The molecule has 0 aliphatic heterocycles. The predicted molar refractivity (Wildman–Crippen MR) is 64.0 cm³/mol. The fourth-order valence-corrected chi connectivity index (χ4v) is 1.47. The number of pyridine rings is 1. The number of hydrogen-bond acceptors (Lipinski definition) is 5. The number of rotatable bonds is 3. The minimum absolute atomic E-state index is 0.0111. The van der Waals surface area contributed by atoms with Crippen LogP contribution in [-0.2, 0) is 0 Å². The molecule has 86 valence electrons. The molecular formula is C11H12N6. The molecule has 0 aliphatic rings. The highest BCUT2D eigenvalue weighted by Gasteiger charge is 2.10. The van der Waals surface area contributed by atoms with Crippen LogP contribution in [0, 0.1) is 11.3 Å². The molecule has 0 aliphatic carbocycles. The molecule has 0 radical (unpaired) electrons. The van der Waals surface area contributed by atoms with Crippen LogP contribution in [0.3, 0.4) is 0 Å². The van der Waals surface area contributed by atoms with Crippen molar-refractivity contribution < 1.29 is 0 Å². The minimum Gasteiger partial charge on any atom is -0.397 e. The lowest BCUT2D eigenvalue weighted by atomic mass is 10.2. The van der Waals surface area contributed by atoms with Gasteiger partial charge in [-0.3, -0.25) is 5.10 Å². The Hall–Kier alpha value is -2.55. The molecule has 0 aromatic carbocycles. The number of anilines is 2. The second-order valence-corrected chi connectivity index (χ2v) is 3.67. The highest BCUT2D eigenvalue weighted by Crippen LogP contribution is 2.20. The van der Waals surface area contributed by atoms with Gasteiger partial charge in [0.15, 0.2) is 0 Å². The van der Waals surface area contributed by atoms with Gasteiger partial charge in [0.1, 0.15) is 11.9 Å². The molecule has 0 bridgehead atoms. The van der Waals surface area contributed by atoms with Gasteiger partial charge in [0.05, 0.1) is 29.7 Å². The Morgan fingerprint density at radius 2 is 2.35 bits per heavy atom. The topological polar surface area (TPSA) is 103 Å². The number of nitrogen functional groups attached to an aromatic ring is 1. The van der Waals surface area contributed by atoms with E-state index in [4.69, 9.17) is 11.0 Å². The van der Waals surface area contributed by atoms with E-state index in [-0.39, 0.29) is 6.04 Å². The summed E-state index contributed by atoms with van der Waals surface area (Å²) >= 11 is 0. The van der Waals surface area contributed by atoms with Gasteiger partial charge in [-0.15, -0.1) is 0 Å². The van der Waals surface area contributed by atoms with Crippen LogP contribution in [0.2, 0.25) is 0 Å². The van der Waals surface area contributed by atoms with Crippen molar-refractivity contribution in [2.45, 2.75) is 13.0 Å². The lowest BCUT2D eigenvalue weighted by molar-refractivity contribution is 0.875. The van der Waals surface area contributed by atoms with E-state index in [9.17, 15) is 0 Å². The van der Waals surface area contributed by atoms with Gasteiger partial charge in [-0.2, -0.15) is 10.4 Å². The molecule has 0 saturated heterocycles. The van der Waals surface area contributed by atoms with Crippen LogP contribution in [0.15, 0.2) is 24.7 Å². The Morgan fingerprint density at radius 1 is 1.53 bits per heavy atom. The van der Waals surface area contributed by atoms with E-state index < -0.39 is 0 Å². The molecule has 2 rings (SSSR count). The van der Waals surface area contributed by atoms with Crippen LogP contribution >= 0.6 is 0 Å². The number of nitriles is 1. The van der Waals surface area contributed by atoms with E-state index in [1.54, 1.807) is 18.5 Å². The quantitative estimate of drug-likeness (QED) is 0.737. The second-order valence-electron chi connectivity index (χ2n) is 3.67. The summed E-state index contributed by atoms with van der Waals surface area (Å²) < 4.78 is 0. The molecule has 2 heterocycles. The number of nitrogens with one attached hydrogen (secondary N) is 2. The summed E-state index contributed by atoms with van der Waals surface area (Å²) in [6, 6.07) is 3.66. The number of hydrogen-bond donors (Lipinski definition) is 3. The average Bonchev–Trinajstić information content (AvgIpc) is 2.85. The van der Waals surface area contributed by atoms with Crippen LogP contribution in [0.5, 0.6) is 0 Å². The van der Waals surface area contributed by atoms with Crippen molar-refractivity contribution >= 4 is 11.5 Å². The Morgan fingerprint density at radius 3 is 3.00 bits per heavy atom. The highest BCUT2D eigenvalue weighted by molar-refractivity contribution is 5.58. The largest absolute Gasteiger partial charge is 0.397 e. The number of aromatic nitrogens is 3. The summed E-state index contributed by atoms with van der Waals surface area (Å²) in [6.45, 7) is 1.96. The van der Waals surface area contributed by atoms with Crippen molar-refractivity contribution in [1.29, 1.82) is 5.26 Å². The lowest BCUT2D eigenvalue weighted by Crippen LogP contribution is -2.09. The number of nitrogens with zero attached hydrogens (tertiary/aromatic N) is 3. The summed E-state index contributed by atoms with van der Waals surface area (Å²) in [7, 11) is 0. The summed E-state index contributed by atoms with van der Waals surface area (Å²) in [5.74, 6) is 0.524. The molecular weight excluding hydrogens is 216 g/mol. The highest BCUT2D eigenvalue weighted by atomic mass is 15.1. The van der Waals surface area contributed by atoms with Gasteiger partial charge < -0.3 is 11.1 Å². The predicted octanol–water partition coefficient (Wildman–Crippen LogP) is 1.43. The first-order chi connectivity index (χ1) is 8.20. The maximum absolute atomic E-state index is 8.98. The lowest BCUT2D eigenvalue weighted by Gasteiger charge is -2.13. The molecule has 2 aromatic heterocycles. The normalized spacial score (nSPS) is 11.8. The molecule has 6 heteroatoms. The minimum atomic E-state index is 0.0111. The second kappa shape index (κ2) is 4.53. The van der Waals surface area contributed by atoms with E-state index in [0.29, 0.717) is 17.1 Å². The van der Waals surface area contributed by atoms with Crippen molar-refractivity contribution in [3.8, 4) is 6.07 Å². The van der Waals surface area contributed by atoms with E-state index in [2.05, 4.69) is 26.6 Å². The summed E-state index contributed by atoms with van der Waals surface area (Å²) in [6.07, 6.45) is 5.04. The number of H-pyrrole nitrogens is 1. The van der Waals surface area contributed by atoms with Crippen molar-refractivity contribution in [2.75, 3.05) is 11.1 Å². The van der Waals surface area contributed by atoms with Crippen LogP contribution in [-0.4, -0.2) is 15.2 Å². The molecule has 17 heavy (non-hydrogen) atoms. The Kier molecular flexibility index (Phi) is 2.92. The average molecular weight is 228 g/mol. The third-order valence-electron chi connectivity index (χ3n) is 2.40. The van der Waals surface area contributed by atoms with Gasteiger partial charge in [0.2, 0.25) is 0 Å². The molecule has 4 N–H and O–H groups in total. The SMILES string of the molecule is CC(Nc1ncc(N)cc1C#N)c1cn[nH]c1. The zero-order valence-electron chi connectivity index (χ0n) is 9.31. The molecule has 2 aromatic rings. The molecule has 0 saturated carbocycles. The summed E-state index contributed by atoms with van der Waals surface area (Å²) in [4.78, 5) is 4.11. The number of nitrogens with two attached hydrogens (primary N) is 1. The van der Waals surface area contributed by atoms with Gasteiger partial charge in [-0.25, -0.2) is 4.98 Å². The standard InChI is InChI=1S/C11H12N6/c1-7(9-4-15-16-5-9)17-11-8(3-12)2-10(13)6-14-11/h2,4-7H,13H2,1H3,(H,14,17)(H,15,16). The maximum atomic E-state index is 8.98. The van der Waals surface area contributed by atoms with Crippen LogP contribution < -0.4 is 11.1 Å². The molecule has 6 nitrogen and oxygen atoms in total. The molecule has 1 atom stereocenters. The van der Waals surface area contributed by atoms with E-state index in [1.807, 2.05) is 6.92 Å². The van der Waals surface area contributed by atoms with Crippen molar-refractivity contribution in [3.05, 3.63) is 35.8 Å². The van der Waals surface area contributed by atoms with Gasteiger partial charge in [0.25, 0.3) is 0 Å². The summed E-state index contributed by atoms with van der Waals surface area (Å²) in [5, 5.41) is 18.7. The van der Waals surface area contributed by atoms with Gasteiger partial charge in [-0.1, -0.05) is 0 Å². The number of aromatic amines is 1. The van der Waals surface area contributed by atoms with Crippen molar-refractivity contribution in [2.24, 2.45) is 0 Å². The molecule has 0 fully saturated rings. The van der Waals surface area contributed by atoms with Crippen molar-refractivity contribution in [1.82, 2.24) is 15.2 Å². The first-order valence-electron chi connectivity index (χ1n) is 5.11. The maximum Gasteiger partial charge on any atom is 0.144 e. The fourth-order valence-electron chi connectivity index (χ4n) is 1.47. The fraction of sp³-hybridized carbons (Fsp3) is 0.182. The third kappa shape index (κ3) is 2.34. The third-order valence-corrected chi connectivity index (χ3v) is 2.40. The van der Waals surface area contributed by atoms with Gasteiger partial charge in [-0.05, 0) is 13.0 Å². The first-order valence-corrected chi connectivity index (χ1v) is 5.11. The monoisotopic (exact) mass is 228 g/mol. The van der Waals surface area contributed by atoms with Crippen molar-refractivity contribution in [3.63, 3.8) is 0 Å². The van der Waals surface area contributed by atoms with Crippen LogP contribution in [0.25, 0.3) is 0 Å². The Balaban J connectivity index is 2.22. The zero-order valence-corrected chi connectivity index (χ0v) is 9.31. The Bertz CT molecular complexity index is 540. The van der Waals surface area contributed by atoms with Gasteiger partial charge >= 0.3 is 0 Å². The summed E-state index contributed by atoms with van der Waals surface area (Å²) in [5.41, 5.74) is 7.47. The van der Waals surface area contributed by atoms with E-state index in [1.165, 1.54) is 6.20 Å². The van der Waals surface area contributed by atoms with E-state index in [0.717, 1.165) is 5.56 Å².